The van der Waals surface area contributed by atoms with Gasteiger partial charge in [-0.05, 0) is 58.7 Å². The third-order valence-corrected chi connectivity index (χ3v) is 6.08. The third-order valence-electron chi connectivity index (χ3n) is 6.08. The molecule has 0 unspecified atom stereocenters. The smallest absolute Gasteiger partial charge is 0.481 e. The number of benzene rings is 4. The fraction of sp³-hybridized carbons (Fsp3) is 0.161. The number of aliphatic carboxylic acids is 1. The average molecular weight is 549 g/mol. The van der Waals surface area contributed by atoms with Crippen molar-refractivity contribution < 1.29 is 32.6 Å². The van der Waals surface area contributed by atoms with Gasteiger partial charge in [0.15, 0.2) is 0 Å². The van der Waals surface area contributed by atoms with E-state index in [2.05, 4.69) is 10.1 Å². The molecule has 9 heteroatoms. The summed E-state index contributed by atoms with van der Waals surface area (Å²) in [6.07, 6.45) is -4.94. The molecule has 0 saturated heterocycles. The standard InChI is InChI=1S/C31H27F3N2O4/c32-31(33,34)40-28-16-8-23(9-17-28)21-36(20-22-6-10-25(11-7-22)24-4-2-1-3-5-24)27-14-12-26(13-15-27)30(39)35-19-18-29(37)38/h1-17H,18-21H2,(H,35,39)(H,37,38). The molecule has 1 amide bonds. The van der Waals surface area contributed by atoms with Crippen molar-refractivity contribution in [3.8, 4) is 16.9 Å². The number of alkyl halides is 3. The zero-order valence-corrected chi connectivity index (χ0v) is 21.4. The van der Waals surface area contributed by atoms with Crippen molar-refractivity contribution >= 4 is 17.6 Å². The average Bonchev–Trinajstić information content (AvgIpc) is 2.94. The second-order valence-electron chi connectivity index (χ2n) is 9.06. The highest BCUT2D eigenvalue weighted by Gasteiger charge is 2.31. The van der Waals surface area contributed by atoms with Crippen LogP contribution in [0.15, 0.2) is 103 Å². The van der Waals surface area contributed by atoms with Gasteiger partial charge in [0.1, 0.15) is 5.75 Å². The molecule has 0 bridgehead atoms. The summed E-state index contributed by atoms with van der Waals surface area (Å²) in [5.41, 5.74) is 5.15. The Balaban J connectivity index is 1.53. The number of carbonyl (C=O) groups excluding carboxylic acids is 1. The maximum absolute atomic E-state index is 12.6. The lowest BCUT2D eigenvalue weighted by atomic mass is 10.0. The minimum absolute atomic E-state index is 0.0229. The van der Waals surface area contributed by atoms with Crippen molar-refractivity contribution in [3.63, 3.8) is 0 Å². The van der Waals surface area contributed by atoms with E-state index in [4.69, 9.17) is 5.11 Å². The highest BCUT2D eigenvalue weighted by atomic mass is 19.4. The fourth-order valence-corrected chi connectivity index (χ4v) is 4.12. The van der Waals surface area contributed by atoms with E-state index in [1.807, 2.05) is 59.5 Å². The Morgan fingerprint density at radius 1 is 0.750 bits per heavy atom. The van der Waals surface area contributed by atoms with Crippen LogP contribution in [-0.2, 0) is 17.9 Å². The first-order valence-corrected chi connectivity index (χ1v) is 12.5. The van der Waals surface area contributed by atoms with Gasteiger partial charge >= 0.3 is 12.3 Å². The molecule has 40 heavy (non-hydrogen) atoms. The Kier molecular flexibility index (Phi) is 9.06. The number of amides is 1. The number of halogens is 3. The van der Waals surface area contributed by atoms with Crippen molar-refractivity contribution in [1.29, 1.82) is 0 Å². The van der Waals surface area contributed by atoms with E-state index in [0.29, 0.717) is 18.7 Å². The SMILES string of the molecule is O=C(O)CCNC(=O)c1ccc(N(Cc2ccc(OC(F)(F)F)cc2)Cc2ccc(-c3ccccc3)cc2)cc1. The molecule has 4 aromatic carbocycles. The molecule has 206 valence electrons. The molecule has 0 aliphatic heterocycles. The van der Waals surface area contributed by atoms with Gasteiger partial charge in [-0.2, -0.15) is 0 Å². The summed E-state index contributed by atoms with van der Waals surface area (Å²) in [5.74, 6) is -1.67. The van der Waals surface area contributed by atoms with Gasteiger partial charge in [0.25, 0.3) is 5.91 Å². The molecule has 0 fully saturated rings. The second-order valence-corrected chi connectivity index (χ2v) is 9.06. The number of nitrogens with zero attached hydrogens (tertiary/aromatic N) is 1. The second kappa shape index (κ2) is 12.8. The summed E-state index contributed by atoms with van der Waals surface area (Å²) in [6, 6.07) is 30.7. The molecule has 0 aliphatic carbocycles. The minimum atomic E-state index is -4.76. The Morgan fingerprint density at radius 2 is 1.30 bits per heavy atom. The van der Waals surface area contributed by atoms with Crippen molar-refractivity contribution in [2.45, 2.75) is 25.9 Å². The zero-order valence-electron chi connectivity index (χ0n) is 21.4. The molecule has 0 saturated carbocycles. The topological polar surface area (TPSA) is 78.9 Å². The first-order valence-electron chi connectivity index (χ1n) is 12.5. The van der Waals surface area contributed by atoms with Gasteiger partial charge in [0, 0.05) is 30.9 Å². The number of carboxylic acid groups (broad SMARTS) is 1. The van der Waals surface area contributed by atoms with Crippen LogP contribution in [0.1, 0.15) is 27.9 Å². The summed E-state index contributed by atoms with van der Waals surface area (Å²) >= 11 is 0. The third kappa shape index (κ3) is 8.36. The number of hydrogen-bond acceptors (Lipinski definition) is 4. The van der Waals surface area contributed by atoms with E-state index >= 15 is 0 Å². The number of rotatable bonds is 11. The van der Waals surface area contributed by atoms with Gasteiger partial charge in [-0.1, -0.05) is 66.7 Å². The predicted molar refractivity (Wildman–Crippen MR) is 146 cm³/mol. The summed E-state index contributed by atoms with van der Waals surface area (Å²) in [6.45, 7) is 0.909. The molecule has 0 atom stereocenters. The van der Waals surface area contributed by atoms with E-state index in [-0.39, 0.29) is 24.6 Å². The Hall–Kier alpha value is -4.79. The molecule has 4 rings (SSSR count). The van der Waals surface area contributed by atoms with Gasteiger partial charge in [-0.25, -0.2) is 0 Å². The highest BCUT2D eigenvalue weighted by Crippen LogP contribution is 2.26. The van der Waals surface area contributed by atoms with Crippen molar-refractivity contribution in [2.24, 2.45) is 0 Å². The van der Waals surface area contributed by atoms with Crippen molar-refractivity contribution in [3.05, 3.63) is 120 Å². The maximum atomic E-state index is 12.6. The van der Waals surface area contributed by atoms with Gasteiger partial charge in [0.2, 0.25) is 0 Å². The number of carbonyl (C=O) groups is 2. The number of hydrogen-bond donors (Lipinski definition) is 2. The summed E-state index contributed by atoms with van der Waals surface area (Å²) in [5, 5.41) is 11.3. The van der Waals surface area contributed by atoms with Gasteiger partial charge < -0.3 is 20.1 Å². The van der Waals surface area contributed by atoms with Crippen LogP contribution in [0.2, 0.25) is 0 Å². The first-order chi connectivity index (χ1) is 19.2. The van der Waals surface area contributed by atoms with Crippen LogP contribution < -0.4 is 15.0 Å². The molecular formula is C31H27F3N2O4. The Morgan fingerprint density at radius 3 is 1.85 bits per heavy atom. The quantitative estimate of drug-likeness (QED) is 0.219. The molecule has 0 spiro atoms. The number of anilines is 1. The van der Waals surface area contributed by atoms with Gasteiger partial charge in [-0.3, -0.25) is 9.59 Å². The van der Waals surface area contributed by atoms with Crippen LogP contribution in [0.3, 0.4) is 0 Å². The van der Waals surface area contributed by atoms with Crippen molar-refractivity contribution in [1.82, 2.24) is 5.32 Å². The largest absolute Gasteiger partial charge is 0.573 e. The summed E-state index contributed by atoms with van der Waals surface area (Å²) in [7, 11) is 0. The number of ether oxygens (including phenoxy) is 1. The van der Waals surface area contributed by atoms with Gasteiger partial charge in [-0.15, -0.1) is 13.2 Å². The molecule has 6 nitrogen and oxygen atoms in total. The Labute approximate surface area is 229 Å². The van der Waals surface area contributed by atoms with E-state index in [1.165, 1.54) is 12.1 Å². The molecule has 0 aliphatic rings. The van der Waals surface area contributed by atoms with E-state index < -0.39 is 12.3 Å². The Bertz CT molecular complexity index is 1410. The number of carboxylic acids is 1. The monoisotopic (exact) mass is 548 g/mol. The highest BCUT2D eigenvalue weighted by molar-refractivity contribution is 5.94. The summed E-state index contributed by atoms with van der Waals surface area (Å²) < 4.78 is 41.7. The van der Waals surface area contributed by atoms with E-state index in [1.54, 1.807) is 36.4 Å². The fourth-order valence-electron chi connectivity index (χ4n) is 4.12. The van der Waals surface area contributed by atoms with Crippen LogP contribution in [0.5, 0.6) is 5.75 Å². The van der Waals surface area contributed by atoms with Crippen LogP contribution in [-0.4, -0.2) is 29.9 Å². The molecule has 0 aromatic heterocycles. The lowest BCUT2D eigenvalue weighted by molar-refractivity contribution is -0.274. The summed E-state index contributed by atoms with van der Waals surface area (Å²) in [4.78, 5) is 25.1. The molecule has 0 radical (unpaired) electrons. The lowest BCUT2D eigenvalue weighted by Gasteiger charge is -2.26. The molecule has 2 N–H and O–H groups in total. The normalized spacial score (nSPS) is 11.1. The van der Waals surface area contributed by atoms with Crippen LogP contribution >= 0.6 is 0 Å². The van der Waals surface area contributed by atoms with Gasteiger partial charge in [0.05, 0.1) is 6.42 Å². The molecular weight excluding hydrogens is 521 g/mol. The lowest BCUT2D eigenvalue weighted by Crippen LogP contribution is -2.26. The van der Waals surface area contributed by atoms with Crippen LogP contribution in [0.25, 0.3) is 11.1 Å². The van der Waals surface area contributed by atoms with E-state index in [0.717, 1.165) is 27.9 Å². The van der Waals surface area contributed by atoms with Crippen LogP contribution in [0.4, 0.5) is 18.9 Å². The maximum Gasteiger partial charge on any atom is 0.573 e. The minimum Gasteiger partial charge on any atom is -0.481 e. The predicted octanol–water partition coefficient (Wildman–Crippen LogP) is 6.66. The number of nitrogens with one attached hydrogen (secondary N) is 1. The first kappa shape index (κ1) is 28.2. The molecule has 0 heterocycles. The zero-order chi connectivity index (χ0) is 28.5. The van der Waals surface area contributed by atoms with E-state index in [9.17, 15) is 22.8 Å². The van der Waals surface area contributed by atoms with Crippen LogP contribution in [0, 0.1) is 0 Å². The molecule has 4 aromatic rings. The van der Waals surface area contributed by atoms with Crippen molar-refractivity contribution in [2.75, 3.05) is 11.4 Å².